The molecule has 0 aliphatic carbocycles. The maximum atomic E-state index is 11.9. The Morgan fingerprint density at radius 1 is 1.50 bits per heavy atom. The van der Waals surface area contributed by atoms with Gasteiger partial charge in [0.05, 0.1) is 22.8 Å². The number of hydrogen-bond acceptors (Lipinski definition) is 4. The van der Waals surface area contributed by atoms with Crippen LogP contribution in [-0.2, 0) is 10.0 Å². The molecule has 1 aromatic carbocycles. The number of sulfonamides is 1. The molecular formula is C11H16ClN3O2S. The molecule has 0 atom stereocenters. The van der Waals surface area contributed by atoms with Crippen LogP contribution in [0.2, 0.25) is 0 Å². The summed E-state index contributed by atoms with van der Waals surface area (Å²) in [4.78, 5) is 0.171. The van der Waals surface area contributed by atoms with E-state index < -0.39 is 10.0 Å². The highest BCUT2D eigenvalue weighted by atomic mass is 35.5. The number of nitrogens with one attached hydrogen (secondary N) is 1. The summed E-state index contributed by atoms with van der Waals surface area (Å²) in [6.07, 6.45) is 0. The van der Waals surface area contributed by atoms with Crippen LogP contribution in [0.25, 0.3) is 0 Å². The molecule has 0 aliphatic rings. The van der Waals surface area contributed by atoms with Crippen LogP contribution in [0.3, 0.4) is 0 Å². The summed E-state index contributed by atoms with van der Waals surface area (Å²) in [5.41, 5.74) is 6.71. The molecule has 5 nitrogen and oxygen atoms in total. The maximum absolute atomic E-state index is 11.9. The largest absolute Gasteiger partial charge is 0.397 e. The van der Waals surface area contributed by atoms with E-state index in [1.54, 1.807) is 0 Å². The number of halogens is 1. The van der Waals surface area contributed by atoms with Crippen LogP contribution in [0, 0.1) is 0 Å². The van der Waals surface area contributed by atoms with E-state index in [2.05, 4.69) is 11.9 Å². The van der Waals surface area contributed by atoms with E-state index in [1.165, 1.54) is 32.3 Å². The molecule has 100 valence electrons. The van der Waals surface area contributed by atoms with Crippen molar-refractivity contribution in [2.45, 2.75) is 4.90 Å². The van der Waals surface area contributed by atoms with Gasteiger partial charge >= 0.3 is 0 Å². The molecule has 18 heavy (non-hydrogen) atoms. The van der Waals surface area contributed by atoms with Crippen molar-refractivity contribution in [2.75, 3.05) is 31.7 Å². The first kappa shape index (κ1) is 14.8. The van der Waals surface area contributed by atoms with E-state index in [-0.39, 0.29) is 4.90 Å². The minimum Gasteiger partial charge on any atom is -0.397 e. The molecule has 0 heterocycles. The molecule has 3 N–H and O–H groups in total. The minimum absolute atomic E-state index is 0.171. The molecule has 0 spiro atoms. The molecule has 0 aromatic heterocycles. The highest BCUT2D eigenvalue weighted by molar-refractivity contribution is 7.89. The van der Waals surface area contributed by atoms with E-state index in [9.17, 15) is 8.42 Å². The second kappa shape index (κ2) is 5.60. The van der Waals surface area contributed by atoms with Gasteiger partial charge in [0.1, 0.15) is 0 Å². The van der Waals surface area contributed by atoms with Crippen LogP contribution in [-0.4, -0.2) is 33.4 Å². The van der Waals surface area contributed by atoms with Crippen molar-refractivity contribution >= 4 is 33.0 Å². The summed E-state index contributed by atoms with van der Waals surface area (Å²) >= 11 is 5.64. The first-order valence-electron chi connectivity index (χ1n) is 5.14. The quantitative estimate of drug-likeness (QED) is 0.809. The summed E-state index contributed by atoms with van der Waals surface area (Å²) in [6.45, 7) is 3.85. The Morgan fingerprint density at radius 3 is 2.61 bits per heavy atom. The van der Waals surface area contributed by atoms with Gasteiger partial charge in [-0.2, -0.15) is 0 Å². The van der Waals surface area contributed by atoms with Crippen molar-refractivity contribution < 1.29 is 8.42 Å². The fourth-order valence-corrected chi connectivity index (χ4v) is 2.25. The third kappa shape index (κ3) is 3.38. The Labute approximate surface area is 112 Å². The Morgan fingerprint density at radius 2 is 2.11 bits per heavy atom. The van der Waals surface area contributed by atoms with E-state index in [1.807, 2.05) is 0 Å². The highest BCUT2D eigenvalue weighted by Gasteiger charge is 2.18. The van der Waals surface area contributed by atoms with Crippen LogP contribution >= 0.6 is 11.6 Å². The lowest BCUT2D eigenvalue weighted by Gasteiger charge is -2.14. The van der Waals surface area contributed by atoms with Gasteiger partial charge in [-0.15, -0.1) is 0 Å². The average Bonchev–Trinajstić information content (AvgIpc) is 2.27. The average molecular weight is 290 g/mol. The predicted molar refractivity (Wildman–Crippen MR) is 75.2 cm³/mol. The van der Waals surface area contributed by atoms with E-state index in [0.29, 0.717) is 23.0 Å². The van der Waals surface area contributed by atoms with Gasteiger partial charge in [-0.25, -0.2) is 12.7 Å². The summed E-state index contributed by atoms with van der Waals surface area (Å²) in [7, 11) is -0.529. The fourth-order valence-electron chi connectivity index (χ4n) is 1.25. The number of rotatable bonds is 5. The Hall–Kier alpha value is -1.24. The second-order valence-electron chi connectivity index (χ2n) is 3.91. The molecule has 0 fully saturated rings. The van der Waals surface area contributed by atoms with E-state index in [4.69, 9.17) is 17.3 Å². The van der Waals surface area contributed by atoms with Crippen LogP contribution < -0.4 is 11.1 Å². The lowest BCUT2D eigenvalue weighted by Crippen LogP contribution is -2.22. The number of anilines is 2. The molecule has 0 aliphatic heterocycles. The van der Waals surface area contributed by atoms with Gasteiger partial charge in [-0.1, -0.05) is 18.2 Å². The van der Waals surface area contributed by atoms with Gasteiger partial charge in [0.2, 0.25) is 10.0 Å². The van der Waals surface area contributed by atoms with Gasteiger partial charge in [-0.05, 0) is 18.2 Å². The molecule has 1 aromatic rings. The standard InChI is InChI=1S/C11H16ClN3O2S/c1-8(12)7-14-11-6-9(4-5-10(11)13)18(16,17)15(2)3/h4-6,14H,1,7,13H2,2-3H3. The third-order valence-corrected chi connectivity index (χ3v) is 4.22. The topological polar surface area (TPSA) is 75.4 Å². The molecule has 0 amide bonds. The number of benzene rings is 1. The molecular weight excluding hydrogens is 274 g/mol. The zero-order valence-electron chi connectivity index (χ0n) is 10.3. The van der Waals surface area contributed by atoms with Gasteiger partial charge in [0.25, 0.3) is 0 Å². The monoisotopic (exact) mass is 289 g/mol. The first-order chi connectivity index (χ1) is 8.25. The van der Waals surface area contributed by atoms with Crippen molar-refractivity contribution in [3.63, 3.8) is 0 Å². The second-order valence-corrected chi connectivity index (χ2v) is 6.59. The van der Waals surface area contributed by atoms with Crippen LogP contribution in [0.5, 0.6) is 0 Å². The number of nitrogens with zero attached hydrogens (tertiary/aromatic N) is 1. The van der Waals surface area contributed by atoms with Gasteiger partial charge in [-0.3, -0.25) is 0 Å². The molecule has 0 bridgehead atoms. The van der Waals surface area contributed by atoms with Crippen molar-refractivity contribution in [1.29, 1.82) is 0 Å². The van der Waals surface area contributed by atoms with Crippen molar-refractivity contribution in [2.24, 2.45) is 0 Å². The minimum atomic E-state index is -3.47. The van der Waals surface area contributed by atoms with Crippen molar-refractivity contribution in [3.8, 4) is 0 Å². The molecule has 0 saturated heterocycles. The fraction of sp³-hybridized carbons (Fsp3) is 0.273. The number of hydrogen-bond donors (Lipinski definition) is 2. The number of nitrogens with two attached hydrogens (primary N) is 1. The molecule has 0 unspecified atom stereocenters. The summed E-state index contributed by atoms with van der Waals surface area (Å²) in [5, 5.41) is 3.34. The molecule has 1 rings (SSSR count). The lowest BCUT2D eigenvalue weighted by molar-refractivity contribution is 0.521. The zero-order valence-corrected chi connectivity index (χ0v) is 11.8. The van der Waals surface area contributed by atoms with Crippen molar-refractivity contribution in [3.05, 3.63) is 29.8 Å². The number of nitrogen functional groups attached to an aromatic ring is 1. The van der Waals surface area contributed by atoms with Crippen molar-refractivity contribution in [1.82, 2.24) is 4.31 Å². The first-order valence-corrected chi connectivity index (χ1v) is 6.96. The SMILES string of the molecule is C=C(Cl)CNc1cc(S(=O)(=O)N(C)C)ccc1N. The molecule has 7 heteroatoms. The van der Waals surface area contributed by atoms with Crippen LogP contribution in [0.15, 0.2) is 34.7 Å². The maximum Gasteiger partial charge on any atom is 0.242 e. The summed E-state index contributed by atoms with van der Waals surface area (Å²) in [5.74, 6) is 0. The third-order valence-electron chi connectivity index (χ3n) is 2.27. The van der Waals surface area contributed by atoms with Crippen LogP contribution in [0.1, 0.15) is 0 Å². The molecule has 0 radical (unpaired) electrons. The highest BCUT2D eigenvalue weighted by Crippen LogP contribution is 2.24. The van der Waals surface area contributed by atoms with Gasteiger partial charge in [0.15, 0.2) is 0 Å². The van der Waals surface area contributed by atoms with Gasteiger partial charge in [0, 0.05) is 19.1 Å². The summed E-state index contributed by atoms with van der Waals surface area (Å²) < 4.78 is 25.0. The lowest BCUT2D eigenvalue weighted by atomic mass is 10.2. The Kier molecular flexibility index (Phi) is 4.61. The Bertz CT molecular complexity index is 555. The van der Waals surface area contributed by atoms with Gasteiger partial charge < -0.3 is 11.1 Å². The van der Waals surface area contributed by atoms with E-state index >= 15 is 0 Å². The predicted octanol–water partition coefficient (Wildman–Crippen LogP) is 1.68. The van der Waals surface area contributed by atoms with E-state index in [0.717, 1.165) is 4.31 Å². The Balaban J connectivity index is 3.12. The smallest absolute Gasteiger partial charge is 0.242 e. The normalized spacial score (nSPS) is 11.6. The summed E-state index contributed by atoms with van der Waals surface area (Å²) in [6, 6.07) is 4.48. The zero-order chi connectivity index (χ0) is 13.9. The van der Waals surface area contributed by atoms with Crippen LogP contribution in [0.4, 0.5) is 11.4 Å². The molecule has 0 saturated carbocycles.